The number of nitrogens with zero attached hydrogens (tertiary/aromatic N) is 3. The van der Waals surface area contributed by atoms with Crippen molar-refractivity contribution >= 4 is 5.78 Å². The molecule has 5 nitrogen and oxygen atoms in total. The van der Waals surface area contributed by atoms with E-state index >= 15 is 0 Å². The average molecular weight is 235 g/mol. The Morgan fingerprint density at radius 1 is 1.47 bits per heavy atom. The molecule has 88 valence electrons. The molecule has 0 N–H and O–H groups in total. The molecule has 1 aromatic carbocycles. The molecule has 2 aromatic rings. The van der Waals surface area contributed by atoms with Gasteiger partial charge in [-0.15, -0.1) is 5.10 Å². The number of rotatable bonds is 3. The fraction of sp³-hybridized carbons (Fsp3) is 0.182. The number of aromatic nitrogens is 3. The number of methoxy groups -OCH3 is 1. The van der Waals surface area contributed by atoms with Crippen LogP contribution in [0.3, 0.4) is 0 Å². The van der Waals surface area contributed by atoms with Gasteiger partial charge in [0.2, 0.25) is 5.78 Å². The second-order valence-corrected chi connectivity index (χ2v) is 3.42. The van der Waals surface area contributed by atoms with Crippen LogP contribution in [0.1, 0.15) is 16.1 Å². The number of aryl methyl sites for hydroxylation is 1. The highest BCUT2D eigenvalue weighted by molar-refractivity contribution is 6.07. The van der Waals surface area contributed by atoms with Crippen LogP contribution in [0.5, 0.6) is 5.75 Å². The van der Waals surface area contributed by atoms with Crippen LogP contribution in [0.4, 0.5) is 4.39 Å². The lowest BCUT2D eigenvalue weighted by Gasteiger charge is -2.04. The number of carbonyl (C=O) groups excluding carboxylic acids is 1. The SMILES string of the molecule is COc1cc(C(=O)c2cnnn2C)ccc1F. The molecule has 17 heavy (non-hydrogen) atoms. The molecule has 0 amide bonds. The van der Waals surface area contributed by atoms with Crippen LogP contribution >= 0.6 is 0 Å². The van der Waals surface area contributed by atoms with Gasteiger partial charge in [-0.25, -0.2) is 9.07 Å². The summed E-state index contributed by atoms with van der Waals surface area (Å²) in [4.78, 5) is 12.0. The molecule has 0 aliphatic carbocycles. The van der Waals surface area contributed by atoms with Crippen molar-refractivity contribution in [3.05, 3.63) is 41.5 Å². The standard InChI is InChI=1S/C11H10FN3O2/c1-15-9(6-13-14-15)11(16)7-3-4-8(12)10(5-7)17-2/h3-6H,1-2H3. The first-order chi connectivity index (χ1) is 8.13. The molecule has 0 radical (unpaired) electrons. The van der Waals surface area contributed by atoms with E-state index in [2.05, 4.69) is 10.3 Å². The van der Waals surface area contributed by atoms with E-state index in [1.807, 2.05) is 0 Å². The minimum Gasteiger partial charge on any atom is -0.494 e. The minimum atomic E-state index is -0.507. The van der Waals surface area contributed by atoms with Crippen molar-refractivity contribution in [1.29, 1.82) is 0 Å². The van der Waals surface area contributed by atoms with Crippen molar-refractivity contribution in [2.45, 2.75) is 0 Å². The highest BCUT2D eigenvalue weighted by Gasteiger charge is 2.15. The zero-order valence-corrected chi connectivity index (χ0v) is 9.35. The monoisotopic (exact) mass is 235 g/mol. The van der Waals surface area contributed by atoms with Gasteiger partial charge in [-0.3, -0.25) is 4.79 Å². The van der Waals surface area contributed by atoms with Gasteiger partial charge in [0.25, 0.3) is 0 Å². The Hall–Kier alpha value is -2.24. The van der Waals surface area contributed by atoms with E-state index in [1.54, 1.807) is 7.05 Å². The Labute approximate surface area is 96.8 Å². The maximum absolute atomic E-state index is 13.2. The smallest absolute Gasteiger partial charge is 0.212 e. The maximum Gasteiger partial charge on any atom is 0.212 e. The van der Waals surface area contributed by atoms with Crippen LogP contribution < -0.4 is 4.74 Å². The number of hydrogen-bond donors (Lipinski definition) is 0. The van der Waals surface area contributed by atoms with Crippen molar-refractivity contribution in [2.24, 2.45) is 7.05 Å². The van der Waals surface area contributed by atoms with Gasteiger partial charge < -0.3 is 4.74 Å². The first-order valence-corrected chi connectivity index (χ1v) is 4.86. The Kier molecular flexibility index (Phi) is 2.86. The summed E-state index contributed by atoms with van der Waals surface area (Å²) in [6.45, 7) is 0. The summed E-state index contributed by atoms with van der Waals surface area (Å²) in [5.74, 6) is -0.756. The van der Waals surface area contributed by atoms with Crippen molar-refractivity contribution < 1.29 is 13.9 Å². The minimum absolute atomic E-state index is 0.0333. The molecule has 0 saturated carbocycles. The molecule has 6 heteroatoms. The molecule has 0 bridgehead atoms. The van der Waals surface area contributed by atoms with Gasteiger partial charge in [0, 0.05) is 12.6 Å². The van der Waals surface area contributed by atoms with E-state index in [9.17, 15) is 9.18 Å². The fourth-order valence-corrected chi connectivity index (χ4v) is 1.44. The van der Waals surface area contributed by atoms with Crippen molar-refractivity contribution in [3.8, 4) is 5.75 Å². The molecule has 1 heterocycles. The van der Waals surface area contributed by atoms with Crippen LogP contribution in [0, 0.1) is 5.82 Å². The summed E-state index contributed by atoms with van der Waals surface area (Å²) in [6, 6.07) is 3.94. The van der Waals surface area contributed by atoms with Gasteiger partial charge in [-0.1, -0.05) is 5.21 Å². The fourth-order valence-electron chi connectivity index (χ4n) is 1.44. The van der Waals surface area contributed by atoms with Crippen LogP contribution in [0.25, 0.3) is 0 Å². The first kappa shape index (κ1) is 11.3. The molecule has 0 aliphatic heterocycles. The van der Waals surface area contributed by atoms with Gasteiger partial charge in [-0.2, -0.15) is 0 Å². The molecule has 0 spiro atoms. The highest BCUT2D eigenvalue weighted by Crippen LogP contribution is 2.19. The number of hydrogen-bond acceptors (Lipinski definition) is 4. The lowest BCUT2D eigenvalue weighted by molar-refractivity contribution is 0.103. The first-order valence-electron chi connectivity index (χ1n) is 4.86. The Morgan fingerprint density at radius 2 is 2.24 bits per heavy atom. The summed E-state index contributed by atoms with van der Waals surface area (Å²) in [5.41, 5.74) is 0.660. The number of halogens is 1. The van der Waals surface area contributed by atoms with Crippen molar-refractivity contribution in [3.63, 3.8) is 0 Å². The van der Waals surface area contributed by atoms with E-state index in [1.165, 1.54) is 36.2 Å². The molecule has 2 rings (SSSR count). The number of ketones is 1. The Morgan fingerprint density at radius 3 is 2.82 bits per heavy atom. The summed E-state index contributed by atoms with van der Waals surface area (Å²) < 4.78 is 19.4. The molecule has 0 unspecified atom stereocenters. The van der Waals surface area contributed by atoms with Gasteiger partial charge in [0.1, 0.15) is 5.69 Å². The summed E-state index contributed by atoms with van der Waals surface area (Å²) in [5, 5.41) is 7.28. The normalized spacial score (nSPS) is 10.3. The van der Waals surface area contributed by atoms with Crippen LogP contribution in [-0.2, 0) is 7.05 Å². The second-order valence-electron chi connectivity index (χ2n) is 3.42. The number of carbonyl (C=O) groups is 1. The lowest BCUT2D eigenvalue weighted by atomic mass is 10.1. The van der Waals surface area contributed by atoms with Crippen LogP contribution in [-0.4, -0.2) is 27.9 Å². The third-order valence-corrected chi connectivity index (χ3v) is 2.36. The molecular weight excluding hydrogens is 225 g/mol. The second kappa shape index (κ2) is 4.32. The van der Waals surface area contributed by atoms with Crippen LogP contribution in [0.15, 0.2) is 24.4 Å². The van der Waals surface area contributed by atoms with E-state index in [0.717, 1.165) is 0 Å². The van der Waals surface area contributed by atoms with E-state index in [4.69, 9.17) is 4.74 Å². The summed E-state index contributed by atoms with van der Waals surface area (Å²) in [6.07, 6.45) is 1.36. The highest BCUT2D eigenvalue weighted by atomic mass is 19.1. The number of ether oxygens (including phenoxy) is 1. The Bertz CT molecular complexity index is 566. The third-order valence-electron chi connectivity index (χ3n) is 2.36. The molecule has 0 fully saturated rings. The summed E-state index contributed by atoms with van der Waals surface area (Å²) in [7, 11) is 2.96. The van der Waals surface area contributed by atoms with Gasteiger partial charge in [-0.05, 0) is 18.2 Å². The topological polar surface area (TPSA) is 57.0 Å². The average Bonchev–Trinajstić information content (AvgIpc) is 2.75. The predicted molar refractivity (Wildman–Crippen MR) is 57.4 cm³/mol. The zero-order chi connectivity index (χ0) is 12.4. The molecule has 1 aromatic heterocycles. The van der Waals surface area contributed by atoms with Gasteiger partial charge >= 0.3 is 0 Å². The summed E-state index contributed by atoms with van der Waals surface area (Å²) >= 11 is 0. The largest absolute Gasteiger partial charge is 0.494 e. The zero-order valence-electron chi connectivity index (χ0n) is 9.35. The van der Waals surface area contributed by atoms with E-state index < -0.39 is 5.82 Å². The predicted octanol–water partition coefficient (Wildman–Crippen LogP) is 1.19. The van der Waals surface area contributed by atoms with Crippen molar-refractivity contribution in [1.82, 2.24) is 15.0 Å². The molecule has 0 saturated heterocycles. The maximum atomic E-state index is 13.2. The van der Waals surface area contributed by atoms with Crippen molar-refractivity contribution in [2.75, 3.05) is 7.11 Å². The van der Waals surface area contributed by atoms with Crippen LogP contribution in [0.2, 0.25) is 0 Å². The molecule has 0 aliphatic rings. The van der Waals surface area contributed by atoms with E-state index in [-0.39, 0.29) is 11.5 Å². The van der Waals surface area contributed by atoms with Gasteiger partial charge in [0.15, 0.2) is 11.6 Å². The molecule has 0 atom stereocenters. The third kappa shape index (κ3) is 2.01. The molecular formula is C11H10FN3O2. The van der Waals surface area contributed by atoms with E-state index in [0.29, 0.717) is 11.3 Å². The van der Waals surface area contributed by atoms with Gasteiger partial charge in [0.05, 0.1) is 13.3 Å². The number of benzene rings is 1. The Balaban J connectivity index is 2.41. The quantitative estimate of drug-likeness (QED) is 0.750. The lowest BCUT2D eigenvalue weighted by Crippen LogP contribution is -2.08.